The molecule has 1 aliphatic carbocycles. The Kier molecular flexibility index (Phi) is 2.30. The fourth-order valence-corrected chi connectivity index (χ4v) is 3.47. The highest BCUT2D eigenvalue weighted by Gasteiger charge is 2.49. The molecule has 1 aromatic rings. The Morgan fingerprint density at radius 3 is 3.19 bits per heavy atom. The molecule has 1 saturated heterocycles. The van der Waals surface area contributed by atoms with Crippen LogP contribution in [0.25, 0.3) is 0 Å². The standard InChI is InChI=1S/C12H19N3O/c1-15-6-5-14-11(15)12(16)4-2-3-9-7-13-8-10(9)12/h5-6,9-10,13,16H,2-4,7-8H2,1H3/t9-,10-,12+/m1/s1. The monoisotopic (exact) mass is 221 g/mol. The molecule has 3 atom stereocenters. The zero-order valence-corrected chi connectivity index (χ0v) is 9.69. The van der Waals surface area contributed by atoms with Crippen molar-refractivity contribution in [3.63, 3.8) is 0 Å². The van der Waals surface area contributed by atoms with Gasteiger partial charge in [0, 0.05) is 31.9 Å². The minimum atomic E-state index is -0.718. The van der Waals surface area contributed by atoms with Gasteiger partial charge >= 0.3 is 0 Å². The number of rotatable bonds is 1. The SMILES string of the molecule is Cn1ccnc1[C@]1(O)CCC[C@@H]2CNC[C@H]21. The number of hydrogen-bond donors (Lipinski definition) is 2. The Bertz CT molecular complexity index is 389. The topological polar surface area (TPSA) is 50.1 Å². The first-order chi connectivity index (χ1) is 7.72. The first kappa shape index (κ1) is 10.3. The predicted octanol–water partition coefficient (Wildman–Crippen LogP) is 0.627. The quantitative estimate of drug-likeness (QED) is 0.731. The molecule has 1 saturated carbocycles. The van der Waals surface area contributed by atoms with E-state index in [1.165, 1.54) is 6.42 Å². The number of aryl methyl sites for hydroxylation is 1. The summed E-state index contributed by atoms with van der Waals surface area (Å²) < 4.78 is 1.96. The predicted molar refractivity (Wildman–Crippen MR) is 60.8 cm³/mol. The van der Waals surface area contributed by atoms with Crippen LogP contribution in [0.3, 0.4) is 0 Å². The van der Waals surface area contributed by atoms with Gasteiger partial charge in [0.15, 0.2) is 0 Å². The maximum atomic E-state index is 11.0. The fourth-order valence-electron chi connectivity index (χ4n) is 3.47. The first-order valence-electron chi connectivity index (χ1n) is 6.13. The number of nitrogens with one attached hydrogen (secondary N) is 1. The largest absolute Gasteiger partial charge is 0.382 e. The molecular weight excluding hydrogens is 202 g/mol. The Hall–Kier alpha value is -0.870. The molecule has 16 heavy (non-hydrogen) atoms. The summed E-state index contributed by atoms with van der Waals surface area (Å²) in [6, 6.07) is 0. The van der Waals surface area contributed by atoms with Crippen molar-refractivity contribution < 1.29 is 5.11 Å². The lowest BCUT2D eigenvalue weighted by Gasteiger charge is -2.40. The number of nitrogens with zero attached hydrogens (tertiary/aromatic N) is 2. The van der Waals surface area contributed by atoms with E-state index in [9.17, 15) is 5.11 Å². The second-order valence-electron chi connectivity index (χ2n) is 5.20. The summed E-state index contributed by atoms with van der Waals surface area (Å²) in [6.07, 6.45) is 6.88. The summed E-state index contributed by atoms with van der Waals surface area (Å²) in [5.74, 6) is 1.80. The van der Waals surface area contributed by atoms with Gasteiger partial charge < -0.3 is 15.0 Å². The summed E-state index contributed by atoms with van der Waals surface area (Å²) >= 11 is 0. The molecule has 0 bridgehead atoms. The van der Waals surface area contributed by atoms with Crippen molar-refractivity contribution in [1.29, 1.82) is 0 Å². The molecular formula is C12H19N3O. The average Bonchev–Trinajstić information content (AvgIpc) is 2.86. The number of aromatic nitrogens is 2. The van der Waals surface area contributed by atoms with Crippen molar-refractivity contribution in [2.45, 2.75) is 24.9 Å². The van der Waals surface area contributed by atoms with Crippen molar-refractivity contribution in [2.24, 2.45) is 18.9 Å². The summed E-state index contributed by atoms with van der Waals surface area (Å²) in [5, 5.41) is 14.4. The number of aliphatic hydroxyl groups is 1. The van der Waals surface area contributed by atoms with Crippen molar-refractivity contribution >= 4 is 0 Å². The normalized spacial score (nSPS) is 38.6. The molecule has 0 spiro atoms. The lowest BCUT2D eigenvalue weighted by atomic mass is 9.70. The highest BCUT2D eigenvalue weighted by atomic mass is 16.3. The van der Waals surface area contributed by atoms with Gasteiger partial charge in [-0.25, -0.2) is 4.98 Å². The van der Waals surface area contributed by atoms with Crippen LogP contribution in [-0.2, 0) is 12.6 Å². The van der Waals surface area contributed by atoms with Gasteiger partial charge in [-0.2, -0.15) is 0 Å². The van der Waals surface area contributed by atoms with Gasteiger partial charge in [0.1, 0.15) is 11.4 Å². The lowest BCUT2D eigenvalue weighted by Crippen LogP contribution is -2.44. The fraction of sp³-hybridized carbons (Fsp3) is 0.750. The van der Waals surface area contributed by atoms with Crippen LogP contribution in [0.15, 0.2) is 12.4 Å². The molecule has 88 valence electrons. The highest BCUT2D eigenvalue weighted by Crippen LogP contribution is 2.45. The molecule has 0 unspecified atom stereocenters. The van der Waals surface area contributed by atoms with Crippen LogP contribution in [0.1, 0.15) is 25.1 Å². The van der Waals surface area contributed by atoms with Gasteiger partial charge in [0.25, 0.3) is 0 Å². The molecule has 2 aliphatic rings. The van der Waals surface area contributed by atoms with E-state index >= 15 is 0 Å². The summed E-state index contributed by atoms with van der Waals surface area (Å²) in [7, 11) is 1.96. The molecule has 3 rings (SSSR count). The van der Waals surface area contributed by atoms with Crippen LogP contribution in [0, 0.1) is 11.8 Å². The second-order valence-corrected chi connectivity index (χ2v) is 5.20. The minimum Gasteiger partial charge on any atom is -0.382 e. The zero-order valence-electron chi connectivity index (χ0n) is 9.69. The Morgan fingerprint density at radius 1 is 1.56 bits per heavy atom. The van der Waals surface area contributed by atoms with Gasteiger partial charge in [0.05, 0.1) is 0 Å². The molecule has 4 nitrogen and oxygen atoms in total. The van der Waals surface area contributed by atoms with Crippen molar-refractivity contribution in [3.8, 4) is 0 Å². The maximum Gasteiger partial charge on any atom is 0.140 e. The number of imidazole rings is 1. The van der Waals surface area contributed by atoms with Crippen LogP contribution >= 0.6 is 0 Å². The molecule has 4 heteroatoms. The number of fused-ring (bicyclic) bond motifs is 1. The van der Waals surface area contributed by atoms with E-state index in [2.05, 4.69) is 10.3 Å². The van der Waals surface area contributed by atoms with E-state index in [4.69, 9.17) is 0 Å². The van der Waals surface area contributed by atoms with Crippen molar-refractivity contribution in [3.05, 3.63) is 18.2 Å². The van der Waals surface area contributed by atoms with E-state index < -0.39 is 5.60 Å². The molecule has 0 aromatic carbocycles. The van der Waals surface area contributed by atoms with Gasteiger partial charge in [0.2, 0.25) is 0 Å². The number of hydrogen-bond acceptors (Lipinski definition) is 3. The minimum absolute atomic E-state index is 0.336. The van der Waals surface area contributed by atoms with Crippen LogP contribution in [0.4, 0.5) is 0 Å². The van der Waals surface area contributed by atoms with E-state index in [0.29, 0.717) is 11.8 Å². The van der Waals surface area contributed by atoms with Crippen molar-refractivity contribution in [1.82, 2.24) is 14.9 Å². The summed E-state index contributed by atoms with van der Waals surface area (Å²) in [5.41, 5.74) is -0.718. The van der Waals surface area contributed by atoms with Gasteiger partial charge in [-0.3, -0.25) is 0 Å². The van der Waals surface area contributed by atoms with Gasteiger partial charge in [-0.1, -0.05) is 0 Å². The summed E-state index contributed by atoms with van der Waals surface area (Å²) in [4.78, 5) is 4.36. The van der Waals surface area contributed by atoms with Crippen molar-refractivity contribution in [2.75, 3.05) is 13.1 Å². The molecule has 2 heterocycles. The third-order valence-electron chi connectivity index (χ3n) is 4.29. The Morgan fingerprint density at radius 2 is 2.44 bits per heavy atom. The van der Waals surface area contributed by atoms with Crippen LogP contribution in [0.2, 0.25) is 0 Å². The summed E-state index contributed by atoms with van der Waals surface area (Å²) in [6.45, 7) is 1.98. The highest BCUT2D eigenvalue weighted by molar-refractivity contribution is 5.12. The molecule has 2 N–H and O–H groups in total. The molecule has 0 radical (unpaired) electrons. The van der Waals surface area contributed by atoms with Gasteiger partial charge in [-0.15, -0.1) is 0 Å². The van der Waals surface area contributed by atoms with E-state index in [1.54, 1.807) is 6.20 Å². The first-order valence-corrected chi connectivity index (χ1v) is 6.13. The zero-order chi connectivity index (χ0) is 11.2. The van der Waals surface area contributed by atoms with Crippen LogP contribution in [-0.4, -0.2) is 27.7 Å². The average molecular weight is 221 g/mol. The third kappa shape index (κ3) is 1.33. The molecule has 2 fully saturated rings. The lowest BCUT2D eigenvalue weighted by molar-refractivity contribution is -0.0722. The maximum absolute atomic E-state index is 11.0. The van der Waals surface area contributed by atoms with Crippen LogP contribution < -0.4 is 5.32 Å². The molecule has 1 aromatic heterocycles. The third-order valence-corrected chi connectivity index (χ3v) is 4.29. The molecule has 1 aliphatic heterocycles. The Balaban J connectivity index is 1.99. The smallest absolute Gasteiger partial charge is 0.140 e. The van der Waals surface area contributed by atoms with Gasteiger partial charge in [-0.05, 0) is 31.7 Å². The van der Waals surface area contributed by atoms with E-state index in [-0.39, 0.29) is 0 Å². The Labute approximate surface area is 95.7 Å². The van der Waals surface area contributed by atoms with Crippen LogP contribution in [0.5, 0.6) is 0 Å². The van der Waals surface area contributed by atoms with E-state index in [1.807, 2.05) is 17.8 Å². The van der Waals surface area contributed by atoms with E-state index in [0.717, 1.165) is 31.8 Å². The second kappa shape index (κ2) is 3.57. The molecule has 0 amide bonds.